The van der Waals surface area contributed by atoms with Crippen LogP contribution in [0.1, 0.15) is 6.92 Å². The molecular weight excluding hydrogens is 162 g/mol. The van der Waals surface area contributed by atoms with Gasteiger partial charge in [-0.05, 0) is 0 Å². The number of aliphatic hydroxyl groups excluding tert-OH is 2. The molecule has 3 N–H and O–H groups in total. The number of rotatable bonds is 3. The van der Waals surface area contributed by atoms with E-state index in [1.165, 1.54) is 0 Å². The molecule has 1 aliphatic heterocycles. The Hall–Kier alpha value is 0.230. The summed E-state index contributed by atoms with van der Waals surface area (Å²) >= 11 is 1.65. The molecule has 0 aliphatic carbocycles. The normalized spacial score (nSPS) is 34.1. The van der Waals surface area contributed by atoms with Gasteiger partial charge < -0.3 is 15.5 Å². The fourth-order valence-electron chi connectivity index (χ4n) is 1.12. The maximum atomic E-state index is 9.37. The lowest BCUT2D eigenvalue weighted by Gasteiger charge is -2.16. The minimum atomic E-state index is -0.242. The average Bonchev–Trinajstić information content (AvgIpc) is 2.37. The van der Waals surface area contributed by atoms with Crippen LogP contribution in [0.4, 0.5) is 0 Å². The van der Waals surface area contributed by atoms with Crippen LogP contribution in [0, 0.1) is 0 Å². The van der Waals surface area contributed by atoms with Gasteiger partial charge in [0, 0.05) is 23.6 Å². The summed E-state index contributed by atoms with van der Waals surface area (Å²) < 4.78 is 0. The standard InChI is InChI=1S/C7H15NO2S/c1-5(4-9)11-7-3-8-2-6(7)10/h5-10H,2-4H2,1H3/t5?,6-,7-/m1/s1. The van der Waals surface area contributed by atoms with Gasteiger partial charge in [-0.15, -0.1) is 11.8 Å². The molecule has 0 aromatic carbocycles. The molecule has 0 spiro atoms. The third-order valence-corrected chi connectivity index (χ3v) is 3.24. The fraction of sp³-hybridized carbons (Fsp3) is 1.00. The van der Waals surface area contributed by atoms with Gasteiger partial charge >= 0.3 is 0 Å². The first-order valence-electron chi connectivity index (χ1n) is 3.89. The van der Waals surface area contributed by atoms with Crippen LogP contribution in [0.5, 0.6) is 0 Å². The van der Waals surface area contributed by atoms with Crippen molar-refractivity contribution in [1.29, 1.82) is 0 Å². The summed E-state index contributed by atoms with van der Waals surface area (Å²) in [6.45, 7) is 3.70. The lowest BCUT2D eigenvalue weighted by molar-refractivity contribution is 0.200. The molecule has 3 atom stereocenters. The second-order valence-electron chi connectivity index (χ2n) is 2.89. The Morgan fingerprint density at radius 2 is 2.36 bits per heavy atom. The van der Waals surface area contributed by atoms with E-state index in [0.717, 1.165) is 6.54 Å². The summed E-state index contributed by atoms with van der Waals surface area (Å²) in [7, 11) is 0. The van der Waals surface area contributed by atoms with Crippen LogP contribution in [0.25, 0.3) is 0 Å². The number of nitrogens with one attached hydrogen (secondary N) is 1. The van der Waals surface area contributed by atoms with Crippen LogP contribution in [0.15, 0.2) is 0 Å². The number of hydrogen-bond donors (Lipinski definition) is 3. The van der Waals surface area contributed by atoms with E-state index in [9.17, 15) is 5.11 Å². The minimum absolute atomic E-state index is 0.188. The zero-order valence-corrected chi connectivity index (χ0v) is 7.47. The third-order valence-electron chi connectivity index (χ3n) is 1.79. The first kappa shape index (κ1) is 9.32. The van der Waals surface area contributed by atoms with Crippen molar-refractivity contribution in [3.8, 4) is 0 Å². The smallest absolute Gasteiger partial charge is 0.0795 e. The van der Waals surface area contributed by atoms with Crippen molar-refractivity contribution in [3.05, 3.63) is 0 Å². The quantitative estimate of drug-likeness (QED) is 0.540. The Bertz CT molecular complexity index is 123. The summed E-state index contributed by atoms with van der Waals surface area (Å²) in [6.07, 6.45) is -0.242. The van der Waals surface area contributed by atoms with Crippen molar-refractivity contribution in [1.82, 2.24) is 5.32 Å². The summed E-state index contributed by atoms with van der Waals surface area (Å²) in [4.78, 5) is 0. The largest absolute Gasteiger partial charge is 0.395 e. The Morgan fingerprint density at radius 1 is 1.64 bits per heavy atom. The fourth-order valence-corrected chi connectivity index (χ4v) is 2.30. The van der Waals surface area contributed by atoms with Gasteiger partial charge in [0.15, 0.2) is 0 Å². The molecule has 0 aromatic heterocycles. The molecular formula is C7H15NO2S. The highest BCUT2D eigenvalue weighted by molar-refractivity contribution is 8.00. The topological polar surface area (TPSA) is 52.5 Å². The van der Waals surface area contributed by atoms with Crippen molar-refractivity contribution in [3.63, 3.8) is 0 Å². The molecule has 11 heavy (non-hydrogen) atoms. The van der Waals surface area contributed by atoms with Gasteiger partial charge in [-0.3, -0.25) is 0 Å². The van der Waals surface area contributed by atoms with Gasteiger partial charge in [0.05, 0.1) is 12.7 Å². The van der Waals surface area contributed by atoms with Crippen LogP contribution < -0.4 is 5.32 Å². The highest BCUT2D eigenvalue weighted by Gasteiger charge is 2.26. The van der Waals surface area contributed by atoms with Gasteiger partial charge in [0.2, 0.25) is 0 Å². The molecule has 4 heteroatoms. The van der Waals surface area contributed by atoms with Crippen LogP contribution in [-0.2, 0) is 0 Å². The number of hydrogen-bond acceptors (Lipinski definition) is 4. The van der Waals surface area contributed by atoms with Gasteiger partial charge in [-0.1, -0.05) is 6.92 Å². The molecule has 1 fully saturated rings. The molecule has 0 aromatic rings. The number of aliphatic hydroxyl groups is 2. The number of thioether (sulfide) groups is 1. The van der Waals surface area contributed by atoms with E-state index in [1.807, 2.05) is 6.92 Å². The number of β-amino-alcohol motifs (C(OH)–C–C–N with tert-alkyl or cyclic N) is 1. The van der Waals surface area contributed by atoms with E-state index in [0.29, 0.717) is 6.54 Å². The summed E-state index contributed by atoms with van der Waals surface area (Å²) in [5.41, 5.74) is 0. The second kappa shape index (κ2) is 4.30. The predicted octanol–water partition coefficient (Wildman–Crippen LogP) is -0.567. The Labute approximate surface area is 71.2 Å². The van der Waals surface area contributed by atoms with Crippen LogP contribution in [0.3, 0.4) is 0 Å². The second-order valence-corrected chi connectivity index (χ2v) is 4.58. The Morgan fingerprint density at radius 3 is 2.82 bits per heavy atom. The minimum Gasteiger partial charge on any atom is -0.395 e. The maximum absolute atomic E-state index is 9.37. The van der Waals surface area contributed by atoms with Crippen molar-refractivity contribution in [2.24, 2.45) is 0 Å². The molecule has 1 saturated heterocycles. The molecule has 1 aliphatic rings. The SMILES string of the molecule is CC(CO)S[C@@H]1CNC[C@H]1O. The van der Waals surface area contributed by atoms with Crippen molar-refractivity contribution in [2.45, 2.75) is 23.5 Å². The molecule has 1 heterocycles. The highest BCUT2D eigenvalue weighted by atomic mass is 32.2. The van der Waals surface area contributed by atoms with Crippen LogP contribution >= 0.6 is 11.8 Å². The maximum Gasteiger partial charge on any atom is 0.0795 e. The molecule has 0 saturated carbocycles. The monoisotopic (exact) mass is 177 g/mol. The van der Waals surface area contributed by atoms with Crippen molar-refractivity contribution >= 4 is 11.8 Å². The van der Waals surface area contributed by atoms with Crippen LogP contribution in [0.2, 0.25) is 0 Å². The van der Waals surface area contributed by atoms with Gasteiger partial charge in [-0.25, -0.2) is 0 Å². The zero-order chi connectivity index (χ0) is 8.27. The molecule has 0 bridgehead atoms. The zero-order valence-electron chi connectivity index (χ0n) is 6.66. The third kappa shape index (κ3) is 2.63. The highest BCUT2D eigenvalue weighted by Crippen LogP contribution is 2.22. The predicted molar refractivity (Wildman–Crippen MR) is 46.8 cm³/mol. The van der Waals surface area contributed by atoms with Crippen molar-refractivity contribution in [2.75, 3.05) is 19.7 Å². The summed E-state index contributed by atoms with van der Waals surface area (Å²) in [5, 5.41) is 21.7. The van der Waals surface area contributed by atoms with E-state index in [2.05, 4.69) is 5.32 Å². The van der Waals surface area contributed by atoms with Crippen molar-refractivity contribution < 1.29 is 10.2 Å². The Balaban J connectivity index is 2.24. The molecule has 66 valence electrons. The van der Waals surface area contributed by atoms with E-state index in [-0.39, 0.29) is 23.2 Å². The summed E-state index contributed by atoms with van der Waals surface area (Å²) in [5.74, 6) is 0. The van der Waals surface area contributed by atoms with Crippen LogP contribution in [-0.4, -0.2) is 46.5 Å². The van der Waals surface area contributed by atoms with E-state index in [4.69, 9.17) is 5.11 Å². The molecule has 1 unspecified atom stereocenters. The van der Waals surface area contributed by atoms with Gasteiger partial charge in [0.25, 0.3) is 0 Å². The summed E-state index contributed by atoms with van der Waals surface area (Å²) in [6, 6.07) is 0. The van der Waals surface area contributed by atoms with Gasteiger partial charge in [0.1, 0.15) is 0 Å². The lowest BCUT2D eigenvalue weighted by Crippen LogP contribution is -2.23. The van der Waals surface area contributed by atoms with Gasteiger partial charge in [-0.2, -0.15) is 0 Å². The molecule has 3 nitrogen and oxygen atoms in total. The first-order valence-corrected chi connectivity index (χ1v) is 4.83. The molecule has 0 radical (unpaired) electrons. The molecule has 1 rings (SSSR count). The lowest BCUT2D eigenvalue weighted by atomic mass is 10.3. The average molecular weight is 177 g/mol. The van der Waals surface area contributed by atoms with E-state index >= 15 is 0 Å². The first-order chi connectivity index (χ1) is 5.24. The molecule has 0 amide bonds. The van der Waals surface area contributed by atoms with E-state index in [1.54, 1.807) is 11.8 Å². The Kier molecular flexibility index (Phi) is 3.65. The van der Waals surface area contributed by atoms with E-state index < -0.39 is 0 Å².